The van der Waals surface area contributed by atoms with E-state index in [4.69, 9.17) is 4.74 Å². The van der Waals surface area contributed by atoms with Crippen molar-refractivity contribution < 1.29 is 9.84 Å². The molecule has 3 heteroatoms. The third-order valence-corrected chi connectivity index (χ3v) is 2.41. The summed E-state index contributed by atoms with van der Waals surface area (Å²) in [5, 5.41) is 10.00. The number of hydrogen-bond acceptors (Lipinski definition) is 3. The molecule has 0 atom stereocenters. The van der Waals surface area contributed by atoms with Crippen molar-refractivity contribution in [1.82, 2.24) is 4.90 Å². The Morgan fingerprint density at radius 2 is 1.88 bits per heavy atom. The Kier molecular flexibility index (Phi) is 3.94. The van der Waals surface area contributed by atoms with Crippen LogP contribution in [-0.2, 0) is 12.1 Å². The second-order valence-electron chi connectivity index (χ2n) is 4.87. The van der Waals surface area contributed by atoms with Crippen LogP contribution < -0.4 is 4.74 Å². The Balaban J connectivity index is 3.11. The van der Waals surface area contributed by atoms with Crippen LogP contribution in [0.3, 0.4) is 0 Å². The van der Waals surface area contributed by atoms with Crippen molar-refractivity contribution in [1.29, 1.82) is 0 Å². The summed E-state index contributed by atoms with van der Waals surface area (Å²) >= 11 is 0. The maximum absolute atomic E-state index is 10.00. The van der Waals surface area contributed by atoms with Gasteiger partial charge < -0.3 is 14.7 Å². The second kappa shape index (κ2) is 4.85. The molecule has 90 valence electrons. The lowest BCUT2D eigenvalue weighted by Gasteiger charge is -2.20. The van der Waals surface area contributed by atoms with E-state index in [2.05, 4.69) is 4.90 Å². The van der Waals surface area contributed by atoms with Gasteiger partial charge in [-0.2, -0.15) is 0 Å². The Bertz CT molecular complexity index is 353. The minimum Gasteiger partial charge on any atom is -0.497 e. The van der Waals surface area contributed by atoms with E-state index in [-0.39, 0.29) is 0 Å². The van der Waals surface area contributed by atoms with Crippen LogP contribution in [0.5, 0.6) is 5.75 Å². The Morgan fingerprint density at radius 1 is 1.25 bits per heavy atom. The molecule has 1 N–H and O–H groups in total. The number of hydrogen-bond donors (Lipinski definition) is 1. The van der Waals surface area contributed by atoms with Crippen LogP contribution in [0.25, 0.3) is 0 Å². The SMILES string of the molecule is COc1cc(CN(C)C)cc(C(C)(C)O)c1. The molecule has 0 aromatic heterocycles. The number of aliphatic hydroxyl groups is 1. The summed E-state index contributed by atoms with van der Waals surface area (Å²) in [5.41, 5.74) is 1.18. The maximum Gasteiger partial charge on any atom is 0.119 e. The first-order valence-corrected chi connectivity index (χ1v) is 5.38. The van der Waals surface area contributed by atoms with E-state index in [9.17, 15) is 5.11 Å². The van der Waals surface area contributed by atoms with Gasteiger partial charge in [-0.25, -0.2) is 0 Å². The standard InChI is InChI=1S/C13H21NO2/c1-13(2,15)11-6-10(9-14(3)4)7-12(8-11)16-5/h6-8,15H,9H2,1-5H3. The van der Waals surface area contributed by atoms with Gasteiger partial charge in [-0.05, 0) is 51.2 Å². The molecule has 0 saturated carbocycles. The van der Waals surface area contributed by atoms with Gasteiger partial charge >= 0.3 is 0 Å². The lowest BCUT2D eigenvalue weighted by atomic mass is 9.96. The summed E-state index contributed by atoms with van der Waals surface area (Å²) < 4.78 is 5.24. The third-order valence-electron chi connectivity index (χ3n) is 2.41. The van der Waals surface area contributed by atoms with Crippen LogP contribution in [0.4, 0.5) is 0 Å². The summed E-state index contributed by atoms with van der Waals surface area (Å²) in [6, 6.07) is 5.89. The fraction of sp³-hybridized carbons (Fsp3) is 0.538. The fourth-order valence-electron chi connectivity index (χ4n) is 1.59. The van der Waals surface area contributed by atoms with E-state index >= 15 is 0 Å². The largest absolute Gasteiger partial charge is 0.497 e. The van der Waals surface area contributed by atoms with Gasteiger partial charge in [-0.1, -0.05) is 6.07 Å². The summed E-state index contributed by atoms with van der Waals surface area (Å²) in [5.74, 6) is 0.788. The molecule has 3 nitrogen and oxygen atoms in total. The molecule has 0 aliphatic rings. The van der Waals surface area contributed by atoms with Gasteiger partial charge in [0.15, 0.2) is 0 Å². The molecule has 0 aliphatic carbocycles. The van der Waals surface area contributed by atoms with E-state index in [0.717, 1.165) is 23.4 Å². The monoisotopic (exact) mass is 223 g/mol. The molecular weight excluding hydrogens is 202 g/mol. The average Bonchev–Trinajstić information content (AvgIpc) is 2.14. The quantitative estimate of drug-likeness (QED) is 0.847. The van der Waals surface area contributed by atoms with Gasteiger partial charge in [-0.3, -0.25) is 0 Å². The molecular formula is C13H21NO2. The first kappa shape index (κ1) is 13.0. The Labute approximate surface area is 97.7 Å². The number of benzene rings is 1. The maximum atomic E-state index is 10.00. The summed E-state index contributed by atoms with van der Waals surface area (Å²) in [6.07, 6.45) is 0. The molecule has 0 fully saturated rings. The summed E-state index contributed by atoms with van der Waals surface area (Å²) in [6.45, 7) is 4.39. The minimum atomic E-state index is -0.838. The van der Waals surface area contributed by atoms with Gasteiger partial charge in [0, 0.05) is 6.54 Å². The lowest BCUT2D eigenvalue weighted by molar-refractivity contribution is 0.0782. The predicted octanol–water partition coefficient (Wildman–Crippen LogP) is 1.98. The highest BCUT2D eigenvalue weighted by molar-refractivity contribution is 5.37. The molecule has 0 spiro atoms. The highest BCUT2D eigenvalue weighted by atomic mass is 16.5. The number of methoxy groups -OCH3 is 1. The van der Waals surface area contributed by atoms with Crippen LogP contribution in [0, 0.1) is 0 Å². The molecule has 0 unspecified atom stereocenters. The van der Waals surface area contributed by atoms with Crippen molar-refractivity contribution in [3.05, 3.63) is 29.3 Å². The van der Waals surface area contributed by atoms with Gasteiger partial charge in [0.1, 0.15) is 5.75 Å². The van der Waals surface area contributed by atoms with Crippen molar-refractivity contribution in [2.75, 3.05) is 21.2 Å². The Hall–Kier alpha value is -1.06. The number of ether oxygens (including phenoxy) is 1. The van der Waals surface area contributed by atoms with Crippen molar-refractivity contribution in [3.63, 3.8) is 0 Å². The predicted molar refractivity (Wildman–Crippen MR) is 65.6 cm³/mol. The molecule has 1 aromatic carbocycles. The van der Waals surface area contributed by atoms with E-state index in [1.54, 1.807) is 21.0 Å². The molecule has 0 heterocycles. The zero-order chi connectivity index (χ0) is 12.3. The Morgan fingerprint density at radius 3 is 2.31 bits per heavy atom. The third kappa shape index (κ3) is 3.51. The van der Waals surface area contributed by atoms with Crippen LogP contribution in [0.1, 0.15) is 25.0 Å². The minimum absolute atomic E-state index is 0.788. The van der Waals surface area contributed by atoms with Gasteiger partial charge in [-0.15, -0.1) is 0 Å². The second-order valence-corrected chi connectivity index (χ2v) is 4.87. The van der Waals surface area contributed by atoms with Crippen molar-refractivity contribution in [2.24, 2.45) is 0 Å². The van der Waals surface area contributed by atoms with Crippen LogP contribution in [0.2, 0.25) is 0 Å². The normalized spacial score (nSPS) is 11.9. The molecule has 1 rings (SSSR count). The molecule has 0 aliphatic heterocycles. The van der Waals surface area contributed by atoms with Crippen molar-refractivity contribution >= 4 is 0 Å². The van der Waals surface area contributed by atoms with E-state index in [1.165, 1.54) is 0 Å². The number of nitrogens with zero attached hydrogens (tertiary/aromatic N) is 1. The molecule has 1 aromatic rings. The molecule has 16 heavy (non-hydrogen) atoms. The zero-order valence-corrected chi connectivity index (χ0v) is 10.7. The van der Waals surface area contributed by atoms with E-state index in [1.807, 2.05) is 32.3 Å². The first-order chi connectivity index (χ1) is 7.32. The van der Waals surface area contributed by atoms with Crippen molar-refractivity contribution in [3.8, 4) is 5.75 Å². The fourth-order valence-corrected chi connectivity index (χ4v) is 1.59. The molecule has 0 saturated heterocycles. The lowest BCUT2D eigenvalue weighted by Crippen LogP contribution is -2.17. The zero-order valence-electron chi connectivity index (χ0n) is 10.7. The van der Waals surface area contributed by atoms with Gasteiger partial charge in [0.05, 0.1) is 12.7 Å². The van der Waals surface area contributed by atoms with E-state index in [0.29, 0.717) is 0 Å². The average molecular weight is 223 g/mol. The molecule has 0 amide bonds. The van der Waals surface area contributed by atoms with Crippen LogP contribution in [-0.4, -0.2) is 31.2 Å². The summed E-state index contributed by atoms with van der Waals surface area (Å²) in [7, 11) is 5.68. The topological polar surface area (TPSA) is 32.7 Å². The van der Waals surface area contributed by atoms with Crippen LogP contribution in [0.15, 0.2) is 18.2 Å². The van der Waals surface area contributed by atoms with Gasteiger partial charge in [0.2, 0.25) is 0 Å². The van der Waals surface area contributed by atoms with Gasteiger partial charge in [0.25, 0.3) is 0 Å². The van der Waals surface area contributed by atoms with E-state index < -0.39 is 5.60 Å². The molecule has 0 bridgehead atoms. The summed E-state index contributed by atoms with van der Waals surface area (Å²) in [4.78, 5) is 2.09. The highest BCUT2D eigenvalue weighted by Gasteiger charge is 2.17. The number of rotatable bonds is 4. The first-order valence-electron chi connectivity index (χ1n) is 5.38. The highest BCUT2D eigenvalue weighted by Crippen LogP contribution is 2.26. The smallest absolute Gasteiger partial charge is 0.119 e. The van der Waals surface area contributed by atoms with Crippen molar-refractivity contribution in [2.45, 2.75) is 26.0 Å². The van der Waals surface area contributed by atoms with Crippen LogP contribution >= 0.6 is 0 Å². The molecule has 0 radical (unpaired) electrons.